The number of benzene rings is 2. The summed E-state index contributed by atoms with van der Waals surface area (Å²) in [4.78, 5) is -0.127. The van der Waals surface area contributed by atoms with E-state index in [4.69, 9.17) is 17.3 Å². The van der Waals surface area contributed by atoms with Crippen LogP contribution in [0.5, 0.6) is 0 Å². The summed E-state index contributed by atoms with van der Waals surface area (Å²) in [6.07, 6.45) is 0. The number of nitrogen functional groups attached to an aromatic ring is 1. The van der Waals surface area contributed by atoms with Gasteiger partial charge >= 0.3 is 0 Å². The molecule has 0 fully saturated rings. The molecule has 0 unspecified atom stereocenters. The zero-order chi connectivity index (χ0) is 14.9. The number of hydrogen-bond donors (Lipinski definition) is 1. The van der Waals surface area contributed by atoms with Gasteiger partial charge in [0.15, 0.2) is 9.84 Å². The van der Waals surface area contributed by atoms with Gasteiger partial charge in [0, 0.05) is 11.8 Å². The highest BCUT2D eigenvalue weighted by Crippen LogP contribution is 2.27. The van der Waals surface area contributed by atoms with Crippen LogP contribution in [0.4, 0.5) is 14.5 Å². The summed E-state index contributed by atoms with van der Waals surface area (Å²) in [6.45, 7) is 0. The van der Waals surface area contributed by atoms with Crippen LogP contribution in [0.15, 0.2) is 41.3 Å². The van der Waals surface area contributed by atoms with Crippen molar-refractivity contribution < 1.29 is 17.2 Å². The van der Waals surface area contributed by atoms with Crippen molar-refractivity contribution in [2.75, 3.05) is 5.73 Å². The summed E-state index contributed by atoms with van der Waals surface area (Å²) >= 11 is 5.84. The highest BCUT2D eigenvalue weighted by Gasteiger charge is 2.19. The Morgan fingerprint density at radius 2 is 1.65 bits per heavy atom. The van der Waals surface area contributed by atoms with Crippen LogP contribution in [-0.2, 0) is 15.6 Å². The van der Waals surface area contributed by atoms with Gasteiger partial charge in [0.2, 0.25) is 0 Å². The minimum Gasteiger partial charge on any atom is -0.399 e. The molecule has 0 saturated heterocycles. The van der Waals surface area contributed by atoms with Gasteiger partial charge < -0.3 is 5.73 Å². The normalized spacial score (nSPS) is 11.6. The van der Waals surface area contributed by atoms with E-state index in [1.807, 2.05) is 0 Å². The fourth-order valence-corrected chi connectivity index (χ4v) is 3.69. The van der Waals surface area contributed by atoms with Crippen LogP contribution in [0.2, 0.25) is 5.02 Å². The van der Waals surface area contributed by atoms with Crippen LogP contribution in [0.25, 0.3) is 0 Å². The van der Waals surface area contributed by atoms with E-state index in [-0.39, 0.29) is 15.5 Å². The summed E-state index contributed by atoms with van der Waals surface area (Å²) in [5, 5.41) is -0.0260. The van der Waals surface area contributed by atoms with Gasteiger partial charge in [0.25, 0.3) is 0 Å². The maximum absolute atomic E-state index is 13.1. The molecule has 2 aromatic rings. The van der Waals surface area contributed by atoms with E-state index in [0.29, 0.717) is 11.8 Å². The van der Waals surface area contributed by atoms with Gasteiger partial charge in [0.05, 0.1) is 15.7 Å². The lowest BCUT2D eigenvalue weighted by Crippen LogP contribution is -2.06. The minimum absolute atomic E-state index is 0.00962. The Morgan fingerprint density at radius 3 is 2.20 bits per heavy atom. The molecule has 106 valence electrons. The van der Waals surface area contributed by atoms with Crippen LogP contribution >= 0.6 is 11.6 Å². The maximum atomic E-state index is 13.1. The molecule has 2 rings (SSSR count). The second kappa shape index (κ2) is 5.38. The predicted octanol–water partition coefficient (Wildman–Crippen LogP) is 3.17. The summed E-state index contributed by atoms with van der Waals surface area (Å²) < 4.78 is 50.5. The van der Waals surface area contributed by atoms with E-state index in [1.165, 1.54) is 18.2 Å². The first-order valence-corrected chi connectivity index (χ1v) is 7.54. The van der Waals surface area contributed by atoms with Crippen molar-refractivity contribution >= 4 is 27.1 Å². The molecule has 2 N–H and O–H groups in total. The molecule has 0 aliphatic rings. The smallest absolute Gasteiger partial charge is 0.183 e. The Morgan fingerprint density at radius 1 is 1.05 bits per heavy atom. The standard InChI is InChI=1S/C13H10ClF2NO2S/c14-12-6-11(17)1-2-13(12)20(18,19)7-8-3-9(15)5-10(16)4-8/h1-6H,7,17H2. The second-order valence-electron chi connectivity index (χ2n) is 4.23. The SMILES string of the molecule is Nc1ccc(S(=O)(=O)Cc2cc(F)cc(F)c2)c(Cl)c1. The van der Waals surface area contributed by atoms with Gasteiger partial charge in [-0.3, -0.25) is 0 Å². The van der Waals surface area contributed by atoms with Gasteiger partial charge in [-0.15, -0.1) is 0 Å². The van der Waals surface area contributed by atoms with Crippen LogP contribution in [0.3, 0.4) is 0 Å². The fraction of sp³-hybridized carbons (Fsp3) is 0.0769. The molecule has 3 nitrogen and oxygen atoms in total. The van der Waals surface area contributed by atoms with Crippen molar-refractivity contribution in [3.05, 3.63) is 58.6 Å². The third kappa shape index (κ3) is 3.26. The molecule has 0 heterocycles. The van der Waals surface area contributed by atoms with E-state index in [2.05, 4.69) is 0 Å². The van der Waals surface area contributed by atoms with Gasteiger partial charge in [-0.2, -0.15) is 0 Å². The van der Waals surface area contributed by atoms with E-state index in [9.17, 15) is 17.2 Å². The summed E-state index contributed by atoms with van der Waals surface area (Å²) in [5.41, 5.74) is 5.82. The Balaban J connectivity index is 2.40. The number of halogens is 3. The molecular formula is C13H10ClF2NO2S. The van der Waals surface area contributed by atoms with Crippen molar-refractivity contribution in [1.82, 2.24) is 0 Å². The highest BCUT2D eigenvalue weighted by molar-refractivity contribution is 7.90. The summed E-state index contributed by atoms with van der Waals surface area (Å²) in [7, 11) is -3.82. The van der Waals surface area contributed by atoms with Crippen molar-refractivity contribution in [3.63, 3.8) is 0 Å². The van der Waals surface area contributed by atoms with Gasteiger partial charge in [0.1, 0.15) is 11.6 Å². The summed E-state index contributed by atoms with van der Waals surface area (Å²) in [5.74, 6) is -2.22. The molecule has 0 amide bonds. The molecule has 2 aromatic carbocycles. The minimum atomic E-state index is -3.82. The van der Waals surface area contributed by atoms with E-state index < -0.39 is 27.2 Å². The third-order valence-electron chi connectivity index (χ3n) is 2.57. The lowest BCUT2D eigenvalue weighted by atomic mass is 10.2. The summed E-state index contributed by atoms with van der Waals surface area (Å²) in [6, 6.07) is 6.57. The largest absolute Gasteiger partial charge is 0.399 e. The molecule has 20 heavy (non-hydrogen) atoms. The van der Waals surface area contributed by atoms with Crippen molar-refractivity contribution in [3.8, 4) is 0 Å². The molecule has 0 atom stereocenters. The van der Waals surface area contributed by atoms with Crippen LogP contribution in [-0.4, -0.2) is 8.42 Å². The molecule has 0 bridgehead atoms. The molecule has 7 heteroatoms. The second-order valence-corrected chi connectivity index (χ2v) is 6.59. The van der Waals surface area contributed by atoms with E-state index in [0.717, 1.165) is 12.1 Å². The van der Waals surface area contributed by atoms with Gasteiger partial charge in [-0.25, -0.2) is 17.2 Å². The van der Waals surface area contributed by atoms with Crippen molar-refractivity contribution in [2.45, 2.75) is 10.6 Å². The molecule has 0 radical (unpaired) electrons. The van der Waals surface area contributed by atoms with Crippen LogP contribution in [0, 0.1) is 11.6 Å². The first-order valence-electron chi connectivity index (χ1n) is 5.51. The molecule has 0 aliphatic carbocycles. The van der Waals surface area contributed by atoms with E-state index >= 15 is 0 Å². The van der Waals surface area contributed by atoms with Crippen molar-refractivity contribution in [2.24, 2.45) is 0 Å². The molecule has 0 aliphatic heterocycles. The monoisotopic (exact) mass is 317 g/mol. The lowest BCUT2D eigenvalue weighted by Gasteiger charge is -2.07. The molecular weight excluding hydrogens is 308 g/mol. The van der Waals surface area contributed by atoms with Crippen LogP contribution in [0.1, 0.15) is 5.56 Å². The Kier molecular flexibility index (Phi) is 3.96. The Bertz CT molecular complexity index is 743. The fourth-order valence-electron chi connectivity index (χ4n) is 1.76. The quantitative estimate of drug-likeness (QED) is 0.884. The first-order chi connectivity index (χ1) is 9.28. The number of sulfone groups is 1. The number of anilines is 1. The topological polar surface area (TPSA) is 60.2 Å². The first kappa shape index (κ1) is 14.7. The Hall–Kier alpha value is -1.66. The molecule has 0 aromatic heterocycles. The number of rotatable bonds is 3. The zero-order valence-corrected chi connectivity index (χ0v) is 11.7. The van der Waals surface area contributed by atoms with Crippen molar-refractivity contribution in [1.29, 1.82) is 0 Å². The molecule has 0 saturated carbocycles. The van der Waals surface area contributed by atoms with Crippen LogP contribution < -0.4 is 5.73 Å². The average Bonchev–Trinajstić information content (AvgIpc) is 2.25. The zero-order valence-electron chi connectivity index (χ0n) is 10.1. The lowest BCUT2D eigenvalue weighted by molar-refractivity contribution is 0.579. The van der Waals surface area contributed by atoms with Gasteiger partial charge in [-0.1, -0.05) is 11.6 Å². The maximum Gasteiger partial charge on any atom is 0.183 e. The van der Waals surface area contributed by atoms with E-state index in [1.54, 1.807) is 0 Å². The third-order valence-corrected chi connectivity index (χ3v) is 4.73. The molecule has 0 spiro atoms. The highest BCUT2D eigenvalue weighted by atomic mass is 35.5. The predicted molar refractivity (Wildman–Crippen MR) is 73.1 cm³/mol. The van der Waals surface area contributed by atoms with Gasteiger partial charge in [-0.05, 0) is 35.9 Å². The number of hydrogen-bond acceptors (Lipinski definition) is 3. The Labute approximate surface area is 119 Å². The number of nitrogens with two attached hydrogens (primary N) is 1. The average molecular weight is 318 g/mol.